The van der Waals surface area contributed by atoms with Crippen LogP contribution in [-0.4, -0.2) is 26.4 Å². The third kappa shape index (κ3) is 3.68. The number of imidazole rings is 1. The molecule has 0 aliphatic rings. The Labute approximate surface area is 145 Å². The molecule has 3 rings (SSSR count). The van der Waals surface area contributed by atoms with Gasteiger partial charge in [-0.25, -0.2) is 4.98 Å². The molecule has 0 saturated carbocycles. The van der Waals surface area contributed by atoms with E-state index in [-0.39, 0.29) is 18.7 Å². The number of hydrogen-bond donors (Lipinski definition) is 2. The Morgan fingerprint density at radius 2 is 1.88 bits per heavy atom. The molecule has 1 amide bonds. The zero-order valence-electron chi connectivity index (χ0n) is 13.9. The van der Waals surface area contributed by atoms with Gasteiger partial charge in [0.05, 0.1) is 23.5 Å². The van der Waals surface area contributed by atoms with Crippen LogP contribution in [0, 0.1) is 0 Å². The van der Waals surface area contributed by atoms with Crippen molar-refractivity contribution in [2.45, 2.75) is 26.2 Å². The smallest absolute Gasteiger partial charge is 0.303 e. The number of nitrogens with one attached hydrogen (secondary N) is 1. The molecule has 128 valence electrons. The Balaban J connectivity index is 1.92. The van der Waals surface area contributed by atoms with E-state index in [1.165, 1.54) is 0 Å². The monoisotopic (exact) mass is 337 g/mol. The molecule has 2 N–H and O–H groups in total. The molecular weight excluding hydrogens is 318 g/mol. The van der Waals surface area contributed by atoms with Crippen LogP contribution in [0.3, 0.4) is 0 Å². The third-order valence-corrected chi connectivity index (χ3v) is 3.95. The first-order valence-electron chi connectivity index (χ1n) is 8.16. The minimum absolute atomic E-state index is 0.0484. The number of rotatable bonds is 6. The summed E-state index contributed by atoms with van der Waals surface area (Å²) in [6, 6.07) is 13.6. The predicted molar refractivity (Wildman–Crippen MR) is 95.5 cm³/mol. The van der Waals surface area contributed by atoms with Gasteiger partial charge in [-0.1, -0.05) is 37.3 Å². The third-order valence-electron chi connectivity index (χ3n) is 3.95. The first-order valence-corrected chi connectivity index (χ1v) is 8.16. The van der Waals surface area contributed by atoms with E-state index >= 15 is 0 Å². The van der Waals surface area contributed by atoms with Crippen LogP contribution in [0.2, 0.25) is 0 Å². The maximum atomic E-state index is 11.8. The first kappa shape index (κ1) is 16.7. The molecule has 0 fully saturated rings. The van der Waals surface area contributed by atoms with Crippen molar-refractivity contribution < 1.29 is 14.7 Å². The number of carboxylic acids is 1. The van der Waals surface area contributed by atoms with Crippen molar-refractivity contribution in [2.24, 2.45) is 0 Å². The number of carboxylic acid groups (broad SMARTS) is 1. The van der Waals surface area contributed by atoms with Crippen LogP contribution < -0.4 is 5.32 Å². The minimum Gasteiger partial charge on any atom is -0.481 e. The van der Waals surface area contributed by atoms with Gasteiger partial charge in [0, 0.05) is 18.2 Å². The number of aromatic nitrogens is 2. The molecule has 6 nitrogen and oxygen atoms in total. The summed E-state index contributed by atoms with van der Waals surface area (Å²) in [5.74, 6) is -1.30. The number of carbonyl (C=O) groups is 2. The number of carbonyl (C=O) groups excluding carboxylic acids is 1. The average molecular weight is 337 g/mol. The highest BCUT2D eigenvalue weighted by Gasteiger charge is 2.13. The van der Waals surface area contributed by atoms with E-state index in [0.717, 1.165) is 29.0 Å². The Morgan fingerprint density at radius 3 is 2.56 bits per heavy atom. The molecule has 0 aliphatic heterocycles. The zero-order chi connectivity index (χ0) is 17.8. The van der Waals surface area contributed by atoms with Crippen molar-refractivity contribution in [3.05, 3.63) is 54.4 Å². The summed E-state index contributed by atoms with van der Waals surface area (Å²) in [7, 11) is 0. The number of pyridine rings is 1. The van der Waals surface area contributed by atoms with Crippen molar-refractivity contribution in [1.29, 1.82) is 0 Å². The van der Waals surface area contributed by atoms with Gasteiger partial charge in [-0.05, 0) is 18.6 Å². The SMILES string of the molecule is CCc1c(-c2ccccc2)nc2ccc(NC(=O)CCC(=O)O)cn12. The molecule has 2 aromatic heterocycles. The normalized spacial score (nSPS) is 10.8. The molecule has 6 heteroatoms. The molecule has 0 aliphatic carbocycles. The fourth-order valence-corrected chi connectivity index (χ4v) is 2.78. The summed E-state index contributed by atoms with van der Waals surface area (Å²) in [5.41, 5.74) is 4.46. The number of aryl methyl sites for hydroxylation is 1. The molecule has 0 radical (unpaired) electrons. The second kappa shape index (κ2) is 7.17. The van der Waals surface area contributed by atoms with E-state index < -0.39 is 5.97 Å². The lowest BCUT2D eigenvalue weighted by atomic mass is 10.1. The van der Waals surface area contributed by atoms with Gasteiger partial charge < -0.3 is 14.8 Å². The molecule has 0 bridgehead atoms. The molecule has 25 heavy (non-hydrogen) atoms. The zero-order valence-corrected chi connectivity index (χ0v) is 13.9. The summed E-state index contributed by atoms with van der Waals surface area (Å²) in [6.07, 6.45) is 2.39. The number of amides is 1. The van der Waals surface area contributed by atoms with Crippen molar-refractivity contribution >= 4 is 23.2 Å². The van der Waals surface area contributed by atoms with E-state index in [1.807, 2.05) is 47.0 Å². The fourth-order valence-electron chi connectivity index (χ4n) is 2.78. The van der Waals surface area contributed by atoms with Crippen LogP contribution in [0.4, 0.5) is 5.69 Å². The van der Waals surface area contributed by atoms with Gasteiger partial charge >= 0.3 is 5.97 Å². The van der Waals surface area contributed by atoms with E-state index in [0.29, 0.717) is 5.69 Å². The van der Waals surface area contributed by atoms with Crippen molar-refractivity contribution in [3.63, 3.8) is 0 Å². The molecule has 1 aromatic carbocycles. The Morgan fingerprint density at radius 1 is 1.12 bits per heavy atom. The van der Waals surface area contributed by atoms with Crippen molar-refractivity contribution in [1.82, 2.24) is 9.38 Å². The predicted octanol–water partition coefficient (Wildman–Crippen LogP) is 3.37. The quantitative estimate of drug-likeness (QED) is 0.722. The lowest BCUT2D eigenvalue weighted by Crippen LogP contribution is -2.13. The molecule has 2 heterocycles. The fraction of sp³-hybridized carbons (Fsp3) is 0.211. The van der Waals surface area contributed by atoms with Gasteiger partial charge in [-0.3, -0.25) is 9.59 Å². The molecule has 0 saturated heterocycles. The van der Waals surface area contributed by atoms with E-state index in [9.17, 15) is 9.59 Å². The summed E-state index contributed by atoms with van der Waals surface area (Å²) >= 11 is 0. The number of aliphatic carboxylic acids is 1. The number of hydrogen-bond acceptors (Lipinski definition) is 3. The van der Waals surface area contributed by atoms with Gasteiger partial charge in [0.2, 0.25) is 5.91 Å². The van der Waals surface area contributed by atoms with Gasteiger partial charge in [0.15, 0.2) is 0 Å². The minimum atomic E-state index is -0.985. The standard InChI is InChI=1S/C19H19N3O3/c1-2-15-19(13-6-4-3-5-7-13)21-16-9-8-14(12-22(15)16)20-17(23)10-11-18(24)25/h3-9,12H,2,10-11H2,1H3,(H,20,23)(H,24,25). The molecule has 0 atom stereocenters. The molecule has 0 spiro atoms. The Kier molecular flexibility index (Phi) is 4.79. The van der Waals surface area contributed by atoms with Gasteiger partial charge in [0.25, 0.3) is 0 Å². The highest BCUT2D eigenvalue weighted by Crippen LogP contribution is 2.26. The van der Waals surface area contributed by atoms with Crippen LogP contribution in [-0.2, 0) is 16.0 Å². The van der Waals surface area contributed by atoms with Crippen molar-refractivity contribution in [2.75, 3.05) is 5.32 Å². The van der Waals surface area contributed by atoms with Crippen LogP contribution in [0.1, 0.15) is 25.5 Å². The number of fused-ring (bicyclic) bond motifs is 1. The average Bonchev–Trinajstić information content (AvgIpc) is 2.98. The number of benzene rings is 1. The Bertz CT molecular complexity index is 916. The first-order chi connectivity index (χ1) is 12.1. The van der Waals surface area contributed by atoms with Crippen LogP contribution in [0.25, 0.3) is 16.9 Å². The lowest BCUT2D eigenvalue weighted by Gasteiger charge is -2.07. The summed E-state index contributed by atoms with van der Waals surface area (Å²) in [6.45, 7) is 2.06. The molecule has 0 unspecified atom stereocenters. The summed E-state index contributed by atoms with van der Waals surface area (Å²) in [5, 5.41) is 11.4. The largest absolute Gasteiger partial charge is 0.481 e. The van der Waals surface area contributed by atoms with Gasteiger partial charge in [0.1, 0.15) is 5.65 Å². The second-order valence-corrected chi connectivity index (χ2v) is 5.71. The van der Waals surface area contributed by atoms with Gasteiger partial charge in [-0.15, -0.1) is 0 Å². The highest BCUT2D eigenvalue weighted by atomic mass is 16.4. The number of anilines is 1. The van der Waals surface area contributed by atoms with Crippen LogP contribution in [0.15, 0.2) is 48.7 Å². The maximum absolute atomic E-state index is 11.8. The second-order valence-electron chi connectivity index (χ2n) is 5.71. The van der Waals surface area contributed by atoms with Crippen LogP contribution >= 0.6 is 0 Å². The van der Waals surface area contributed by atoms with Gasteiger partial charge in [-0.2, -0.15) is 0 Å². The maximum Gasteiger partial charge on any atom is 0.303 e. The topological polar surface area (TPSA) is 83.7 Å². The molecular formula is C19H19N3O3. The summed E-state index contributed by atoms with van der Waals surface area (Å²) < 4.78 is 1.97. The van der Waals surface area contributed by atoms with E-state index in [1.54, 1.807) is 6.07 Å². The van der Waals surface area contributed by atoms with Crippen molar-refractivity contribution in [3.8, 4) is 11.3 Å². The Hall–Kier alpha value is -3.15. The highest BCUT2D eigenvalue weighted by molar-refractivity contribution is 5.92. The van der Waals surface area contributed by atoms with Crippen LogP contribution in [0.5, 0.6) is 0 Å². The lowest BCUT2D eigenvalue weighted by molar-refractivity contribution is -0.138. The number of nitrogens with zero attached hydrogens (tertiary/aromatic N) is 2. The van der Waals surface area contributed by atoms with E-state index in [2.05, 4.69) is 12.2 Å². The molecule has 3 aromatic rings. The summed E-state index contributed by atoms with van der Waals surface area (Å²) in [4.78, 5) is 27.1. The van der Waals surface area contributed by atoms with E-state index in [4.69, 9.17) is 10.1 Å².